The van der Waals surface area contributed by atoms with Gasteiger partial charge in [-0.05, 0) is 31.4 Å². The fourth-order valence-electron chi connectivity index (χ4n) is 2.48. The van der Waals surface area contributed by atoms with Crippen LogP contribution in [0.15, 0.2) is 28.7 Å². The van der Waals surface area contributed by atoms with Crippen molar-refractivity contribution in [2.24, 2.45) is 5.73 Å². The fraction of sp³-hybridized carbons (Fsp3) is 0.500. The molecule has 1 saturated carbocycles. The number of carbonyl (C=O) groups excluding carboxylic acids is 1. The van der Waals surface area contributed by atoms with Crippen molar-refractivity contribution < 1.29 is 4.79 Å². The first-order valence-corrected chi connectivity index (χ1v) is 7.16. The Hall–Kier alpha value is -0.580. The van der Waals surface area contributed by atoms with E-state index < -0.39 is 5.54 Å². The molecule has 0 aliphatic heterocycles. The predicted molar refractivity (Wildman–Crippen MR) is 83.3 cm³/mol. The number of nitrogens with one attached hydrogen (secondary N) is 1. The molecule has 106 valence electrons. The largest absolute Gasteiger partial charge is 0.348 e. The number of benzene rings is 1. The van der Waals surface area contributed by atoms with Crippen LogP contribution in [0.25, 0.3) is 0 Å². The smallest absolute Gasteiger partial charge is 0.240 e. The van der Waals surface area contributed by atoms with Crippen molar-refractivity contribution in [3.05, 3.63) is 34.3 Å². The maximum Gasteiger partial charge on any atom is 0.240 e. The first kappa shape index (κ1) is 16.5. The number of rotatable bonds is 3. The summed E-state index contributed by atoms with van der Waals surface area (Å²) >= 11 is 3.50. The summed E-state index contributed by atoms with van der Waals surface area (Å²) in [5.41, 5.74) is 6.56. The highest BCUT2D eigenvalue weighted by atomic mass is 79.9. The molecule has 0 radical (unpaired) electrons. The standard InChI is InChI=1S/C14H19BrN2O.ClH/c1-10(11-6-2-3-7-12(11)15)17-13(18)14(16)8-4-5-9-14;/h2-3,6-7,10H,4-5,8-9,16H2,1H3,(H,17,18);1H. The normalized spacial score (nSPS) is 18.5. The molecule has 0 bridgehead atoms. The Bertz CT molecular complexity index is 447. The lowest BCUT2D eigenvalue weighted by Gasteiger charge is -2.25. The quantitative estimate of drug-likeness (QED) is 0.881. The third-order valence-corrected chi connectivity index (χ3v) is 4.39. The molecular formula is C14H20BrClN2O. The van der Waals surface area contributed by atoms with Crippen molar-refractivity contribution >= 4 is 34.2 Å². The maximum absolute atomic E-state index is 12.2. The summed E-state index contributed by atoms with van der Waals surface area (Å²) < 4.78 is 1.01. The van der Waals surface area contributed by atoms with Crippen LogP contribution in [0.1, 0.15) is 44.2 Å². The van der Waals surface area contributed by atoms with Crippen LogP contribution in [0.3, 0.4) is 0 Å². The molecule has 1 aromatic rings. The molecular weight excluding hydrogens is 328 g/mol. The first-order chi connectivity index (χ1) is 8.53. The molecule has 1 aliphatic carbocycles. The summed E-state index contributed by atoms with van der Waals surface area (Å²) in [4.78, 5) is 12.2. The van der Waals surface area contributed by atoms with Gasteiger partial charge in [0.1, 0.15) is 0 Å². The topological polar surface area (TPSA) is 55.1 Å². The zero-order valence-corrected chi connectivity index (χ0v) is 13.4. The predicted octanol–water partition coefficient (Wildman–Crippen LogP) is 3.32. The highest BCUT2D eigenvalue weighted by Gasteiger charge is 2.37. The molecule has 1 aliphatic rings. The van der Waals surface area contributed by atoms with Gasteiger partial charge in [-0.15, -0.1) is 12.4 Å². The SMILES string of the molecule is CC(NC(=O)C1(N)CCCC1)c1ccccc1Br.Cl. The van der Waals surface area contributed by atoms with E-state index in [1.54, 1.807) is 0 Å². The molecule has 19 heavy (non-hydrogen) atoms. The Morgan fingerprint density at radius 1 is 1.37 bits per heavy atom. The van der Waals surface area contributed by atoms with Crippen molar-refractivity contribution in [1.82, 2.24) is 5.32 Å². The minimum atomic E-state index is -0.657. The molecule has 1 amide bonds. The van der Waals surface area contributed by atoms with Crippen LogP contribution >= 0.6 is 28.3 Å². The van der Waals surface area contributed by atoms with Gasteiger partial charge in [0.25, 0.3) is 0 Å². The molecule has 5 heteroatoms. The van der Waals surface area contributed by atoms with E-state index in [-0.39, 0.29) is 24.4 Å². The molecule has 2 rings (SSSR count). The zero-order valence-electron chi connectivity index (χ0n) is 11.0. The van der Waals surface area contributed by atoms with Crippen LogP contribution in [0, 0.1) is 0 Å². The van der Waals surface area contributed by atoms with Gasteiger partial charge in [-0.3, -0.25) is 4.79 Å². The minimum Gasteiger partial charge on any atom is -0.348 e. The lowest BCUT2D eigenvalue weighted by atomic mass is 9.97. The van der Waals surface area contributed by atoms with Gasteiger partial charge in [-0.2, -0.15) is 0 Å². The van der Waals surface area contributed by atoms with Crippen molar-refractivity contribution in [1.29, 1.82) is 0 Å². The van der Waals surface area contributed by atoms with E-state index in [4.69, 9.17) is 5.73 Å². The lowest BCUT2D eigenvalue weighted by molar-refractivity contribution is -0.126. The van der Waals surface area contributed by atoms with Gasteiger partial charge in [0, 0.05) is 4.47 Å². The third kappa shape index (κ3) is 3.71. The van der Waals surface area contributed by atoms with Crippen LogP contribution in [0.2, 0.25) is 0 Å². The first-order valence-electron chi connectivity index (χ1n) is 6.37. The van der Waals surface area contributed by atoms with Crippen LogP contribution in [-0.4, -0.2) is 11.4 Å². The summed E-state index contributed by atoms with van der Waals surface area (Å²) in [6.45, 7) is 1.98. The number of halogens is 2. The van der Waals surface area contributed by atoms with Gasteiger partial charge in [-0.1, -0.05) is 47.0 Å². The van der Waals surface area contributed by atoms with Gasteiger partial charge < -0.3 is 11.1 Å². The molecule has 3 nitrogen and oxygen atoms in total. The molecule has 0 aromatic heterocycles. The molecule has 1 atom stereocenters. The number of hydrogen-bond donors (Lipinski definition) is 2. The van der Waals surface area contributed by atoms with E-state index in [1.807, 2.05) is 31.2 Å². The van der Waals surface area contributed by atoms with Crippen LogP contribution < -0.4 is 11.1 Å². The lowest BCUT2D eigenvalue weighted by Crippen LogP contribution is -2.52. The second kappa shape index (κ2) is 6.73. The molecule has 0 saturated heterocycles. The average Bonchev–Trinajstić information content (AvgIpc) is 2.78. The van der Waals surface area contributed by atoms with E-state index in [1.165, 1.54) is 0 Å². The molecule has 0 heterocycles. The Kier molecular flexibility index (Phi) is 5.83. The second-order valence-electron chi connectivity index (χ2n) is 5.08. The number of hydrogen-bond acceptors (Lipinski definition) is 2. The fourth-order valence-corrected chi connectivity index (χ4v) is 3.11. The highest BCUT2D eigenvalue weighted by Crippen LogP contribution is 2.29. The van der Waals surface area contributed by atoms with Gasteiger partial charge in [0.05, 0.1) is 11.6 Å². The molecule has 1 unspecified atom stereocenters. The van der Waals surface area contributed by atoms with Crippen molar-refractivity contribution in [2.45, 2.75) is 44.2 Å². The monoisotopic (exact) mass is 346 g/mol. The van der Waals surface area contributed by atoms with Gasteiger partial charge in [0.15, 0.2) is 0 Å². The van der Waals surface area contributed by atoms with E-state index in [2.05, 4.69) is 21.2 Å². The molecule has 3 N–H and O–H groups in total. The second-order valence-corrected chi connectivity index (χ2v) is 5.93. The molecule has 0 spiro atoms. The van der Waals surface area contributed by atoms with Crippen LogP contribution in [0.4, 0.5) is 0 Å². The molecule has 1 aromatic carbocycles. The number of nitrogens with two attached hydrogens (primary N) is 1. The van der Waals surface area contributed by atoms with E-state index in [9.17, 15) is 4.79 Å². The van der Waals surface area contributed by atoms with Gasteiger partial charge in [0.2, 0.25) is 5.91 Å². The Morgan fingerprint density at radius 2 is 1.95 bits per heavy atom. The van der Waals surface area contributed by atoms with Crippen LogP contribution in [-0.2, 0) is 4.79 Å². The number of amides is 1. The van der Waals surface area contributed by atoms with Crippen molar-refractivity contribution in [3.63, 3.8) is 0 Å². The maximum atomic E-state index is 12.2. The van der Waals surface area contributed by atoms with Gasteiger partial charge in [-0.25, -0.2) is 0 Å². The summed E-state index contributed by atoms with van der Waals surface area (Å²) in [6, 6.07) is 7.88. The third-order valence-electron chi connectivity index (χ3n) is 3.67. The van der Waals surface area contributed by atoms with Crippen molar-refractivity contribution in [2.75, 3.05) is 0 Å². The summed E-state index contributed by atoms with van der Waals surface area (Å²) in [6.07, 6.45) is 3.68. The molecule has 1 fully saturated rings. The van der Waals surface area contributed by atoms with Gasteiger partial charge >= 0.3 is 0 Å². The summed E-state index contributed by atoms with van der Waals surface area (Å²) in [5.74, 6) is -0.0248. The summed E-state index contributed by atoms with van der Waals surface area (Å²) in [5, 5.41) is 3.03. The Labute approximate surface area is 128 Å². The van der Waals surface area contributed by atoms with E-state index in [0.717, 1.165) is 35.7 Å². The minimum absolute atomic E-state index is 0. The van der Waals surface area contributed by atoms with E-state index in [0.29, 0.717) is 0 Å². The van der Waals surface area contributed by atoms with Crippen LogP contribution in [0.5, 0.6) is 0 Å². The Balaban J connectivity index is 0.00000180. The zero-order chi connectivity index (χ0) is 13.2. The highest BCUT2D eigenvalue weighted by molar-refractivity contribution is 9.10. The number of carbonyl (C=O) groups is 1. The Morgan fingerprint density at radius 3 is 2.53 bits per heavy atom. The average molecular weight is 348 g/mol. The van der Waals surface area contributed by atoms with Crippen molar-refractivity contribution in [3.8, 4) is 0 Å². The summed E-state index contributed by atoms with van der Waals surface area (Å²) in [7, 11) is 0. The van der Waals surface area contributed by atoms with E-state index >= 15 is 0 Å².